The van der Waals surface area contributed by atoms with E-state index in [4.69, 9.17) is 16.4 Å². The van der Waals surface area contributed by atoms with Crippen molar-refractivity contribution >= 4 is 21.6 Å². The summed E-state index contributed by atoms with van der Waals surface area (Å²) in [5.74, 6) is 0. The van der Waals surface area contributed by atoms with Crippen LogP contribution < -0.4 is 4.72 Å². The first-order chi connectivity index (χ1) is 11.9. The molecule has 1 heterocycles. The van der Waals surface area contributed by atoms with E-state index in [-0.39, 0.29) is 12.6 Å². The van der Waals surface area contributed by atoms with Crippen LogP contribution in [0.4, 0.5) is 0 Å². The molecule has 0 aromatic heterocycles. The molecule has 0 aliphatic carbocycles. The minimum Gasteiger partial charge on any atom is -0.297 e. The monoisotopic (exact) mass is 380 g/mol. The summed E-state index contributed by atoms with van der Waals surface area (Å²) in [6, 6.07) is 16.0. The molecule has 1 N–H and O–H groups in total. The van der Waals surface area contributed by atoms with E-state index in [1.165, 1.54) is 0 Å². The summed E-state index contributed by atoms with van der Waals surface area (Å²) in [5.41, 5.74) is 1.77. The Balaban J connectivity index is 1.84. The van der Waals surface area contributed by atoms with Crippen LogP contribution in [0.2, 0.25) is 5.02 Å². The van der Waals surface area contributed by atoms with E-state index >= 15 is 0 Å². The van der Waals surface area contributed by atoms with Gasteiger partial charge in [0, 0.05) is 18.1 Å². The van der Waals surface area contributed by atoms with E-state index in [9.17, 15) is 8.42 Å². The van der Waals surface area contributed by atoms with Gasteiger partial charge in [-0.2, -0.15) is 5.06 Å². The molecule has 0 radical (unpaired) electrons. The van der Waals surface area contributed by atoms with Crippen molar-refractivity contribution in [2.24, 2.45) is 0 Å². The van der Waals surface area contributed by atoms with Crippen molar-refractivity contribution < 1.29 is 13.3 Å². The smallest absolute Gasteiger partial charge is 0.219 e. The minimum atomic E-state index is -3.60. The van der Waals surface area contributed by atoms with Crippen LogP contribution in [0, 0.1) is 0 Å². The highest BCUT2D eigenvalue weighted by Gasteiger charge is 2.43. The first-order valence-corrected chi connectivity index (χ1v) is 9.98. The van der Waals surface area contributed by atoms with Gasteiger partial charge in [-0.1, -0.05) is 54.1 Å². The zero-order valence-electron chi connectivity index (χ0n) is 14.1. The van der Waals surface area contributed by atoms with Gasteiger partial charge < -0.3 is 0 Å². The number of hydrogen-bond donors (Lipinski definition) is 1. The molecule has 5 nitrogen and oxygen atoms in total. The average Bonchev–Trinajstić information content (AvgIpc) is 2.98. The molecule has 25 heavy (non-hydrogen) atoms. The Morgan fingerprint density at radius 3 is 2.44 bits per heavy atom. The Hall–Kier alpha value is -1.44. The highest BCUT2D eigenvalue weighted by atomic mass is 35.5. The predicted molar refractivity (Wildman–Crippen MR) is 98.6 cm³/mol. The SMILES string of the molecule is CC(NS(=O)(=O)C1CON(C)C1c1ccc(Cl)cc1)c1ccccc1. The quantitative estimate of drug-likeness (QED) is 0.864. The van der Waals surface area contributed by atoms with Gasteiger partial charge in [0.25, 0.3) is 0 Å². The van der Waals surface area contributed by atoms with Crippen LogP contribution in [0.25, 0.3) is 0 Å². The first kappa shape index (κ1) is 18.4. The molecule has 2 aromatic carbocycles. The normalized spacial score (nSPS) is 22.8. The van der Waals surface area contributed by atoms with Gasteiger partial charge in [0.15, 0.2) is 0 Å². The lowest BCUT2D eigenvalue weighted by Crippen LogP contribution is -2.40. The van der Waals surface area contributed by atoms with Crippen LogP contribution in [0.1, 0.15) is 30.1 Å². The Kier molecular flexibility index (Phi) is 5.46. The molecule has 1 fully saturated rings. The van der Waals surface area contributed by atoms with Crippen LogP contribution in [0.15, 0.2) is 54.6 Å². The van der Waals surface area contributed by atoms with Crippen molar-refractivity contribution in [3.05, 3.63) is 70.7 Å². The zero-order chi connectivity index (χ0) is 18.0. The van der Waals surface area contributed by atoms with E-state index in [1.54, 1.807) is 24.2 Å². The molecular weight excluding hydrogens is 360 g/mol. The van der Waals surface area contributed by atoms with Crippen LogP contribution >= 0.6 is 11.6 Å². The summed E-state index contributed by atoms with van der Waals surface area (Å²) in [5, 5.41) is 1.51. The summed E-state index contributed by atoms with van der Waals surface area (Å²) in [6.07, 6.45) is 0. The maximum Gasteiger partial charge on any atom is 0.219 e. The number of nitrogens with zero attached hydrogens (tertiary/aromatic N) is 1. The Bertz CT molecular complexity index is 812. The van der Waals surface area contributed by atoms with E-state index < -0.39 is 21.3 Å². The molecular formula is C18H21ClN2O3S. The molecule has 1 aliphatic rings. The molecule has 3 atom stereocenters. The van der Waals surface area contributed by atoms with E-state index in [0.717, 1.165) is 11.1 Å². The second-order valence-corrected chi connectivity index (χ2v) is 8.54. The first-order valence-electron chi connectivity index (χ1n) is 8.06. The molecule has 7 heteroatoms. The maximum atomic E-state index is 13.0. The molecule has 0 saturated carbocycles. The fraction of sp³-hybridized carbons (Fsp3) is 0.333. The van der Waals surface area contributed by atoms with Crippen molar-refractivity contribution in [3.8, 4) is 0 Å². The van der Waals surface area contributed by atoms with Gasteiger partial charge >= 0.3 is 0 Å². The lowest BCUT2D eigenvalue weighted by atomic mass is 10.0. The fourth-order valence-electron chi connectivity index (χ4n) is 3.08. The lowest BCUT2D eigenvalue weighted by Gasteiger charge is -2.24. The van der Waals surface area contributed by atoms with E-state index in [2.05, 4.69) is 4.72 Å². The van der Waals surface area contributed by atoms with Crippen LogP contribution in [-0.4, -0.2) is 32.4 Å². The molecule has 1 aliphatic heterocycles. The van der Waals surface area contributed by atoms with Crippen LogP contribution in [0.3, 0.4) is 0 Å². The van der Waals surface area contributed by atoms with Crippen molar-refractivity contribution in [2.75, 3.05) is 13.7 Å². The summed E-state index contributed by atoms with van der Waals surface area (Å²) >= 11 is 5.94. The molecule has 3 unspecified atom stereocenters. The van der Waals surface area contributed by atoms with Crippen LogP contribution in [0.5, 0.6) is 0 Å². The number of rotatable bonds is 5. The second-order valence-electron chi connectivity index (χ2n) is 6.17. The van der Waals surface area contributed by atoms with Crippen molar-refractivity contribution in [3.63, 3.8) is 0 Å². The highest BCUT2D eigenvalue weighted by molar-refractivity contribution is 7.90. The maximum absolute atomic E-state index is 13.0. The topological polar surface area (TPSA) is 58.6 Å². The fourth-order valence-corrected chi connectivity index (χ4v) is 4.92. The lowest BCUT2D eigenvalue weighted by molar-refractivity contribution is -0.110. The van der Waals surface area contributed by atoms with Gasteiger partial charge in [-0.3, -0.25) is 4.84 Å². The van der Waals surface area contributed by atoms with Gasteiger partial charge in [-0.05, 0) is 30.2 Å². The van der Waals surface area contributed by atoms with Crippen molar-refractivity contribution in [2.45, 2.75) is 24.3 Å². The number of halogens is 1. The van der Waals surface area contributed by atoms with Crippen molar-refractivity contribution in [1.29, 1.82) is 0 Å². The molecule has 2 aromatic rings. The summed E-state index contributed by atoms with van der Waals surface area (Å²) in [6.45, 7) is 1.95. The third-order valence-electron chi connectivity index (χ3n) is 4.44. The largest absolute Gasteiger partial charge is 0.297 e. The molecule has 3 rings (SSSR count). The minimum absolute atomic E-state index is 0.112. The highest BCUT2D eigenvalue weighted by Crippen LogP contribution is 2.34. The van der Waals surface area contributed by atoms with Gasteiger partial charge in [-0.25, -0.2) is 13.1 Å². The van der Waals surface area contributed by atoms with Gasteiger partial charge in [-0.15, -0.1) is 0 Å². The summed E-state index contributed by atoms with van der Waals surface area (Å²) < 4.78 is 28.7. The standard InChI is InChI=1S/C18H21ClN2O3S/c1-13(14-6-4-3-5-7-14)20-25(22,23)17-12-24-21(2)18(17)15-8-10-16(19)11-9-15/h3-11,13,17-18,20H,12H2,1-2H3. The van der Waals surface area contributed by atoms with E-state index in [1.807, 2.05) is 49.4 Å². The second kappa shape index (κ2) is 7.43. The molecule has 0 bridgehead atoms. The summed E-state index contributed by atoms with van der Waals surface area (Å²) in [7, 11) is -1.85. The predicted octanol–water partition coefficient (Wildman–Crippen LogP) is 3.31. The van der Waals surface area contributed by atoms with Crippen molar-refractivity contribution in [1.82, 2.24) is 9.79 Å². The summed E-state index contributed by atoms with van der Waals surface area (Å²) in [4.78, 5) is 5.52. The Morgan fingerprint density at radius 2 is 1.80 bits per heavy atom. The number of nitrogens with one attached hydrogen (secondary N) is 1. The van der Waals surface area contributed by atoms with Crippen LogP contribution in [-0.2, 0) is 14.9 Å². The molecule has 0 spiro atoms. The van der Waals surface area contributed by atoms with Gasteiger partial charge in [0.1, 0.15) is 5.25 Å². The number of hydrogen-bond acceptors (Lipinski definition) is 4. The van der Waals surface area contributed by atoms with Gasteiger partial charge in [0.05, 0.1) is 12.6 Å². The Labute approximate surface area is 153 Å². The van der Waals surface area contributed by atoms with E-state index in [0.29, 0.717) is 5.02 Å². The molecule has 0 amide bonds. The molecule has 134 valence electrons. The third kappa shape index (κ3) is 4.04. The molecule has 1 saturated heterocycles. The average molecular weight is 381 g/mol. The number of sulfonamides is 1. The number of benzene rings is 2. The zero-order valence-corrected chi connectivity index (χ0v) is 15.7. The number of hydroxylamine groups is 2. The van der Waals surface area contributed by atoms with Gasteiger partial charge in [0.2, 0.25) is 10.0 Å². The Morgan fingerprint density at radius 1 is 1.16 bits per heavy atom. The third-order valence-corrected chi connectivity index (χ3v) is 6.56.